The molecule has 0 heterocycles. The third-order valence-electron chi connectivity index (χ3n) is 4.16. The van der Waals surface area contributed by atoms with Crippen molar-refractivity contribution in [1.29, 1.82) is 0 Å². The van der Waals surface area contributed by atoms with Gasteiger partial charge in [0.1, 0.15) is 0 Å². The zero-order chi connectivity index (χ0) is 20.0. The van der Waals surface area contributed by atoms with E-state index in [1.807, 2.05) is 60.7 Å². The van der Waals surface area contributed by atoms with Crippen LogP contribution >= 0.6 is 0 Å². The molecule has 28 heavy (non-hydrogen) atoms. The first-order chi connectivity index (χ1) is 13.4. The second-order valence-electron chi connectivity index (χ2n) is 6.49. The van der Waals surface area contributed by atoms with Crippen LogP contribution in [0.1, 0.15) is 16.7 Å². The average molecular weight is 391 g/mol. The van der Waals surface area contributed by atoms with Crippen LogP contribution in [0, 0.1) is 11.8 Å². The molecule has 0 aliphatic rings. The van der Waals surface area contributed by atoms with Gasteiger partial charge in [-0.1, -0.05) is 48.2 Å². The summed E-state index contributed by atoms with van der Waals surface area (Å²) in [4.78, 5) is 0.291. The van der Waals surface area contributed by atoms with Gasteiger partial charge in [-0.3, -0.25) is 0 Å². The van der Waals surface area contributed by atoms with Crippen LogP contribution in [0.15, 0.2) is 83.8 Å². The van der Waals surface area contributed by atoms with E-state index in [2.05, 4.69) is 17.2 Å². The number of nitrogens with zero attached hydrogens (tertiary/aromatic N) is 1. The minimum Gasteiger partial charge on any atom is -0.381 e. The summed E-state index contributed by atoms with van der Waals surface area (Å²) in [5.74, 6) is 6.31. The van der Waals surface area contributed by atoms with E-state index in [-0.39, 0.29) is 0 Å². The highest BCUT2D eigenvalue weighted by Crippen LogP contribution is 2.17. The molecule has 0 spiro atoms. The van der Waals surface area contributed by atoms with Crippen LogP contribution in [0.4, 0.5) is 5.69 Å². The largest absolute Gasteiger partial charge is 0.381 e. The fourth-order valence-electron chi connectivity index (χ4n) is 2.60. The molecule has 0 aliphatic carbocycles. The average Bonchev–Trinajstić information content (AvgIpc) is 2.72. The van der Waals surface area contributed by atoms with Gasteiger partial charge < -0.3 is 5.32 Å². The van der Waals surface area contributed by atoms with Gasteiger partial charge in [0.25, 0.3) is 0 Å². The van der Waals surface area contributed by atoms with Gasteiger partial charge in [-0.2, -0.15) is 0 Å². The molecule has 3 aromatic rings. The van der Waals surface area contributed by atoms with Gasteiger partial charge in [0.05, 0.1) is 4.90 Å². The van der Waals surface area contributed by atoms with Crippen LogP contribution in [-0.2, 0) is 16.6 Å². The maximum Gasteiger partial charge on any atom is 0.242 e. The van der Waals surface area contributed by atoms with Crippen LogP contribution in [0.25, 0.3) is 0 Å². The number of anilines is 1. The molecular formula is C23H22N2O2S. The van der Waals surface area contributed by atoms with Crippen LogP contribution in [0.2, 0.25) is 0 Å². The maximum atomic E-state index is 12.3. The lowest BCUT2D eigenvalue weighted by atomic mass is 10.1. The Hall–Kier alpha value is -3.07. The van der Waals surface area contributed by atoms with Crippen molar-refractivity contribution in [3.8, 4) is 11.8 Å². The minimum absolute atomic E-state index is 0.291. The van der Waals surface area contributed by atoms with Gasteiger partial charge in [-0.25, -0.2) is 12.7 Å². The van der Waals surface area contributed by atoms with E-state index in [0.29, 0.717) is 11.4 Å². The third kappa shape index (κ3) is 5.01. The highest BCUT2D eigenvalue weighted by Gasteiger charge is 2.16. The van der Waals surface area contributed by atoms with E-state index >= 15 is 0 Å². The molecular weight excluding hydrogens is 368 g/mol. The number of nitrogens with one attached hydrogen (secondary N) is 1. The molecule has 0 saturated heterocycles. The van der Waals surface area contributed by atoms with Gasteiger partial charge in [0.15, 0.2) is 0 Å². The Kier molecular flexibility index (Phi) is 6.15. The molecule has 0 atom stereocenters. The van der Waals surface area contributed by atoms with Crippen LogP contribution < -0.4 is 5.32 Å². The molecule has 3 rings (SSSR count). The summed E-state index contributed by atoms with van der Waals surface area (Å²) < 4.78 is 25.8. The number of rotatable bonds is 5. The van der Waals surface area contributed by atoms with E-state index in [4.69, 9.17) is 0 Å². The molecule has 1 N–H and O–H groups in total. The molecule has 0 unspecified atom stereocenters. The summed E-state index contributed by atoms with van der Waals surface area (Å²) in [5, 5.41) is 3.33. The number of benzene rings is 3. The lowest BCUT2D eigenvalue weighted by Crippen LogP contribution is -2.22. The van der Waals surface area contributed by atoms with E-state index in [0.717, 1.165) is 22.4 Å². The normalized spacial score (nSPS) is 11.0. The van der Waals surface area contributed by atoms with Crippen LogP contribution in [0.3, 0.4) is 0 Å². The lowest BCUT2D eigenvalue weighted by Gasteiger charge is -2.13. The van der Waals surface area contributed by atoms with Gasteiger partial charge in [-0.05, 0) is 48.0 Å². The Labute approximate surface area is 166 Å². The Balaban J connectivity index is 1.72. The molecule has 5 heteroatoms. The fourth-order valence-corrected chi connectivity index (χ4v) is 3.58. The highest BCUT2D eigenvalue weighted by atomic mass is 32.2. The smallest absolute Gasteiger partial charge is 0.242 e. The van der Waals surface area contributed by atoms with E-state index in [1.165, 1.54) is 18.4 Å². The van der Waals surface area contributed by atoms with Crippen molar-refractivity contribution in [2.45, 2.75) is 11.4 Å². The van der Waals surface area contributed by atoms with Gasteiger partial charge in [-0.15, -0.1) is 0 Å². The Morgan fingerprint density at radius 1 is 0.821 bits per heavy atom. The summed E-state index contributed by atoms with van der Waals surface area (Å²) in [6.07, 6.45) is 0. The fraction of sp³-hybridized carbons (Fsp3) is 0.130. The van der Waals surface area contributed by atoms with Gasteiger partial charge in [0.2, 0.25) is 10.0 Å². The SMILES string of the molecule is CN(C)S(=O)(=O)c1cccc(CNc2cccc(C#Cc3ccccc3)c2)c1. The van der Waals surface area contributed by atoms with Crippen LogP contribution in [0.5, 0.6) is 0 Å². The summed E-state index contributed by atoms with van der Waals surface area (Å²) in [6.45, 7) is 0.520. The first kappa shape index (κ1) is 19.7. The molecule has 4 nitrogen and oxygen atoms in total. The Bertz CT molecular complexity index is 1110. The van der Waals surface area contributed by atoms with Crippen molar-refractivity contribution in [2.24, 2.45) is 0 Å². The topological polar surface area (TPSA) is 49.4 Å². The van der Waals surface area contributed by atoms with E-state index < -0.39 is 10.0 Å². The number of sulfonamides is 1. The predicted molar refractivity (Wildman–Crippen MR) is 114 cm³/mol. The molecule has 0 fully saturated rings. The van der Waals surface area contributed by atoms with Crippen molar-refractivity contribution in [3.05, 3.63) is 95.6 Å². The zero-order valence-corrected chi connectivity index (χ0v) is 16.7. The van der Waals surface area contributed by atoms with Crippen molar-refractivity contribution >= 4 is 15.7 Å². The van der Waals surface area contributed by atoms with Crippen molar-refractivity contribution in [3.63, 3.8) is 0 Å². The molecule has 0 amide bonds. The summed E-state index contributed by atoms with van der Waals surface area (Å²) in [6, 6.07) is 24.7. The van der Waals surface area contributed by atoms with Gasteiger partial charge in [0, 0.05) is 37.5 Å². The monoisotopic (exact) mass is 390 g/mol. The Morgan fingerprint density at radius 3 is 2.25 bits per heavy atom. The molecule has 142 valence electrons. The van der Waals surface area contributed by atoms with Crippen molar-refractivity contribution in [1.82, 2.24) is 4.31 Å². The minimum atomic E-state index is -3.44. The second kappa shape index (κ2) is 8.75. The van der Waals surface area contributed by atoms with Crippen molar-refractivity contribution < 1.29 is 8.42 Å². The zero-order valence-electron chi connectivity index (χ0n) is 15.9. The molecule has 0 bridgehead atoms. The molecule has 0 radical (unpaired) electrons. The van der Waals surface area contributed by atoms with Crippen LogP contribution in [-0.4, -0.2) is 26.8 Å². The molecule has 0 aromatic heterocycles. The summed E-state index contributed by atoms with van der Waals surface area (Å²) in [7, 11) is -0.376. The first-order valence-corrected chi connectivity index (χ1v) is 10.3. The third-order valence-corrected chi connectivity index (χ3v) is 5.97. The van der Waals surface area contributed by atoms with Crippen molar-refractivity contribution in [2.75, 3.05) is 19.4 Å². The molecule has 3 aromatic carbocycles. The van der Waals surface area contributed by atoms with E-state index in [1.54, 1.807) is 18.2 Å². The highest BCUT2D eigenvalue weighted by molar-refractivity contribution is 7.89. The quantitative estimate of drug-likeness (QED) is 0.671. The predicted octanol–water partition coefficient (Wildman–Crippen LogP) is 3.95. The van der Waals surface area contributed by atoms with Gasteiger partial charge >= 0.3 is 0 Å². The molecule has 0 aliphatic heterocycles. The Morgan fingerprint density at radius 2 is 1.50 bits per heavy atom. The molecule has 0 saturated carbocycles. The lowest BCUT2D eigenvalue weighted by molar-refractivity contribution is 0.520. The maximum absolute atomic E-state index is 12.3. The standard InChI is InChI=1S/C23H22N2O2S/c1-25(2)28(26,27)23-13-7-11-21(17-23)18-24-22-12-6-10-20(16-22)15-14-19-8-4-3-5-9-19/h3-13,16-17,24H,18H2,1-2H3. The first-order valence-electron chi connectivity index (χ1n) is 8.87. The number of hydrogen-bond donors (Lipinski definition) is 1. The summed E-state index contributed by atoms with van der Waals surface area (Å²) in [5.41, 5.74) is 3.71. The second-order valence-corrected chi connectivity index (χ2v) is 8.64. The number of hydrogen-bond acceptors (Lipinski definition) is 3. The van der Waals surface area contributed by atoms with E-state index in [9.17, 15) is 8.42 Å². The summed E-state index contributed by atoms with van der Waals surface area (Å²) >= 11 is 0.